The highest BCUT2D eigenvalue weighted by molar-refractivity contribution is 5.88. The molecule has 0 saturated carbocycles. The number of carboxylic acid groups (broad SMARTS) is 1. The van der Waals surface area contributed by atoms with Crippen molar-refractivity contribution >= 4 is 5.97 Å². The molecule has 2 rings (SSSR count). The fraction of sp³-hybridized carbons (Fsp3) is 0.375. The Bertz CT molecular complexity index is 489. The van der Waals surface area contributed by atoms with Gasteiger partial charge in [-0.05, 0) is 6.92 Å². The van der Waals surface area contributed by atoms with Crippen LogP contribution >= 0.6 is 0 Å². The lowest BCUT2D eigenvalue weighted by Gasteiger charge is -2.01. The predicted molar refractivity (Wildman–Crippen MR) is 51.8 cm³/mol. The van der Waals surface area contributed by atoms with Crippen molar-refractivity contribution in [2.75, 3.05) is 0 Å². The van der Waals surface area contributed by atoms with Gasteiger partial charge in [-0.2, -0.15) is 10.3 Å². The molecule has 0 aliphatic carbocycles. The number of nitrogens with one attached hydrogen (secondary N) is 1. The van der Waals surface area contributed by atoms with E-state index in [1.807, 2.05) is 0 Å². The number of carboxylic acids is 1. The van der Waals surface area contributed by atoms with Crippen LogP contribution in [0, 0.1) is 6.92 Å². The summed E-state index contributed by atoms with van der Waals surface area (Å²) in [5.41, 5.74) is 0.837. The molecule has 0 radical (unpaired) electrons. The number of rotatable bonds is 4. The highest BCUT2D eigenvalue weighted by atomic mass is 16.4. The Kier molecular flexibility index (Phi) is 2.63. The average Bonchev–Trinajstić information content (AvgIpc) is 2.84. The zero-order chi connectivity index (χ0) is 11.5. The van der Waals surface area contributed by atoms with Gasteiger partial charge in [-0.3, -0.25) is 4.68 Å². The zero-order valence-electron chi connectivity index (χ0n) is 8.58. The van der Waals surface area contributed by atoms with Crippen molar-refractivity contribution in [1.82, 2.24) is 30.4 Å². The highest BCUT2D eigenvalue weighted by Crippen LogP contribution is 2.07. The Morgan fingerprint density at radius 3 is 3.00 bits per heavy atom. The summed E-state index contributed by atoms with van der Waals surface area (Å²) >= 11 is 0. The minimum absolute atomic E-state index is 0.216. The second kappa shape index (κ2) is 4.09. The third-order valence-electron chi connectivity index (χ3n) is 2.27. The molecule has 0 aliphatic rings. The SMILES string of the molecule is Cc1c(C(=O)O)cnn1CCc1nn[nH]n1. The molecule has 0 amide bonds. The van der Waals surface area contributed by atoms with E-state index in [0.29, 0.717) is 24.5 Å². The van der Waals surface area contributed by atoms with Crippen LogP contribution in [0.3, 0.4) is 0 Å². The highest BCUT2D eigenvalue weighted by Gasteiger charge is 2.12. The van der Waals surface area contributed by atoms with Crippen molar-refractivity contribution in [2.45, 2.75) is 19.9 Å². The number of aryl methyl sites for hydroxylation is 2. The van der Waals surface area contributed by atoms with Crippen LogP contribution in [0.1, 0.15) is 21.9 Å². The van der Waals surface area contributed by atoms with Crippen LogP contribution in [-0.2, 0) is 13.0 Å². The maximum Gasteiger partial charge on any atom is 0.339 e. The lowest BCUT2D eigenvalue weighted by molar-refractivity contribution is 0.0696. The minimum atomic E-state index is -0.969. The number of nitrogens with zero attached hydrogens (tertiary/aromatic N) is 5. The normalized spacial score (nSPS) is 10.6. The number of hydrogen-bond donors (Lipinski definition) is 2. The molecule has 0 bridgehead atoms. The monoisotopic (exact) mass is 222 g/mol. The quantitative estimate of drug-likeness (QED) is 0.731. The standard InChI is InChI=1S/C8H10N6O2/c1-5-6(8(15)16)4-9-14(5)3-2-7-10-12-13-11-7/h4H,2-3H2,1H3,(H,15,16)(H,10,11,12,13). The van der Waals surface area contributed by atoms with E-state index >= 15 is 0 Å². The fourth-order valence-corrected chi connectivity index (χ4v) is 1.38. The van der Waals surface area contributed by atoms with E-state index in [1.165, 1.54) is 6.20 Å². The Morgan fingerprint density at radius 2 is 2.44 bits per heavy atom. The van der Waals surface area contributed by atoms with Crippen LogP contribution in [-0.4, -0.2) is 41.5 Å². The van der Waals surface area contributed by atoms with Crippen molar-refractivity contribution < 1.29 is 9.90 Å². The summed E-state index contributed by atoms with van der Waals surface area (Å²) in [6, 6.07) is 0. The van der Waals surface area contributed by atoms with Gasteiger partial charge in [0.05, 0.1) is 6.20 Å². The number of carbonyl (C=O) groups is 1. The molecular weight excluding hydrogens is 212 g/mol. The predicted octanol–water partition coefficient (Wildman–Crippen LogP) is -0.354. The van der Waals surface area contributed by atoms with Crippen molar-refractivity contribution in [3.05, 3.63) is 23.3 Å². The molecule has 8 nitrogen and oxygen atoms in total. The van der Waals surface area contributed by atoms with E-state index in [2.05, 4.69) is 25.7 Å². The van der Waals surface area contributed by atoms with Crippen molar-refractivity contribution in [2.24, 2.45) is 0 Å². The Balaban J connectivity index is 2.08. The van der Waals surface area contributed by atoms with Crippen molar-refractivity contribution in [3.63, 3.8) is 0 Å². The smallest absolute Gasteiger partial charge is 0.339 e. The summed E-state index contributed by atoms with van der Waals surface area (Å²) in [7, 11) is 0. The summed E-state index contributed by atoms with van der Waals surface area (Å²) in [6.07, 6.45) is 1.89. The lowest BCUT2D eigenvalue weighted by atomic mass is 10.2. The molecule has 84 valence electrons. The van der Waals surface area contributed by atoms with Crippen LogP contribution < -0.4 is 0 Å². The molecule has 2 aromatic heterocycles. The van der Waals surface area contributed by atoms with E-state index < -0.39 is 5.97 Å². The van der Waals surface area contributed by atoms with Crippen molar-refractivity contribution in [3.8, 4) is 0 Å². The third kappa shape index (κ3) is 1.90. The molecule has 0 spiro atoms. The van der Waals surface area contributed by atoms with Gasteiger partial charge in [-0.1, -0.05) is 5.21 Å². The first kappa shape index (κ1) is 10.3. The maximum absolute atomic E-state index is 10.8. The van der Waals surface area contributed by atoms with E-state index in [-0.39, 0.29) is 5.56 Å². The zero-order valence-corrected chi connectivity index (χ0v) is 8.58. The molecule has 16 heavy (non-hydrogen) atoms. The van der Waals surface area contributed by atoms with Crippen molar-refractivity contribution in [1.29, 1.82) is 0 Å². The van der Waals surface area contributed by atoms with Gasteiger partial charge in [0.1, 0.15) is 5.56 Å². The Hall–Kier alpha value is -2.25. The first-order valence-corrected chi connectivity index (χ1v) is 4.66. The lowest BCUT2D eigenvalue weighted by Crippen LogP contribution is -2.07. The van der Waals surface area contributed by atoms with E-state index in [0.717, 1.165) is 0 Å². The molecule has 2 heterocycles. The van der Waals surface area contributed by atoms with Gasteiger partial charge >= 0.3 is 5.97 Å². The molecule has 0 unspecified atom stereocenters. The van der Waals surface area contributed by atoms with E-state index in [9.17, 15) is 4.79 Å². The van der Waals surface area contributed by atoms with Gasteiger partial charge in [-0.25, -0.2) is 4.79 Å². The van der Waals surface area contributed by atoms with Gasteiger partial charge in [-0.15, -0.1) is 10.2 Å². The Labute approximate surface area is 90.3 Å². The summed E-state index contributed by atoms with van der Waals surface area (Å²) in [4.78, 5) is 10.8. The van der Waals surface area contributed by atoms with Crippen LogP contribution in [0.4, 0.5) is 0 Å². The third-order valence-corrected chi connectivity index (χ3v) is 2.27. The summed E-state index contributed by atoms with van der Waals surface area (Å²) in [6.45, 7) is 2.24. The molecule has 0 atom stereocenters. The largest absolute Gasteiger partial charge is 0.478 e. The van der Waals surface area contributed by atoms with Crippen LogP contribution in [0.5, 0.6) is 0 Å². The van der Waals surface area contributed by atoms with Crippen LogP contribution in [0.25, 0.3) is 0 Å². The van der Waals surface area contributed by atoms with Gasteiger partial charge in [0.2, 0.25) is 0 Å². The molecular formula is C8H10N6O2. The molecule has 2 aromatic rings. The number of H-pyrrole nitrogens is 1. The number of aromatic carboxylic acids is 1. The number of aromatic nitrogens is 6. The summed E-state index contributed by atoms with van der Waals surface area (Å²) in [5, 5.41) is 26.2. The number of aromatic amines is 1. The van der Waals surface area contributed by atoms with Gasteiger partial charge in [0.15, 0.2) is 5.82 Å². The van der Waals surface area contributed by atoms with E-state index in [4.69, 9.17) is 5.11 Å². The molecule has 0 fully saturated rings. The number of tetrazole rings is 1. The molecule has 0 saturated heterocycles. The fourth-order valence-electron chi connectivity index (χ4n) is 1.38. The number of hydrogen-bond acceptors (Lipinski definition) is 5. The molecule has 0 aliphatic heterocycles. The maximum atomic E-state index is 10.8. The summed E-state index contributed by atoms with van der Waals surface area (Å²) < 4.78 is 1.61. The van der Waals surface area contributed by atoms with Gasteiger partial charge in [0, 0.05) is 18.7 Å². The molecule has 2 N–H and O–H groups in total. The second-order valence-electron chi connectivity index (χ2n) is 3.25. The summed E-state index contributed by atoms with van der Waals surface area (Å²) in [5.74, 6) is -0.393. The second-order valence-corrected chi connectivity index (χ2v) is 3.25. The van der Waals surface area contributed by atoms with Gasteiger partial charge < -0.3 is 5.11 Å². The Morgan fingerprint density at radius 1 is 1.62 bits per heavy atom. The van der Waals surface area contributed by atoms with E-state index in [1.54, 1.807) is 11.6 Å². The topological polar surface area (TPSA) is 110 Å². The van der Waals surface area contributed by atoms with Gasteiger partial charge in [0.25, 0.3) is 0 Å². The van der Waals surface area contributed by atoms with Crippen LogP contribution in [0.2, 0.25) is 0 Å². The molecule has 8 heteroatoms. The molecule has 0 aromatic carbocycles. The first-order valence-electron chi connectivity index (χ1n) is 4.66. The minimum Gasteiger partial charge on any atom is -0.478 e. The first-order chi connectivity index (χ1) is 7.68. The van der Waals surface area contributed by atoms with Crippen LogP contribution in [0.15, 0.2) is 6.20 Å². The average molecular weight is 222 g/mol.